The molecule has 4 N–H and O–H groups in total. The van der Waals surface area contributed by atoms with Crippen LogP contribution < -0.4 is 11.4 Å². The van der Waals surface area contributed by atoms with Crippen LogP contribution in [0.4, 0.5) is 10.2 Å². The Hall–Kier alpha value is -1.08. The molecule has 0 saturated carbocycles. The first-order valence-corrected chi connectivity index (χ1v) is 6.47. The number of ether oxygens (including phenoxy) is 1. The number of aliphatic hydroxyl groups is 2. The van der Waals surface area contributed by atoms with E-state index in [4.69, 9.17) is 15.6 Å². The van der Waals surface area contributed by atoms with Gasteiger partial charge in [-0.15, -0.1) is 0 Å². The second kappa shape index (κ2) is 6.58. The van der Waals surface area contributed by atoms with E-state index in [2.05, 4.69) is 4.98 Å². The zero-order valence-corrected chi connectivity index (χ0v) is 12.4. The number of anilines is 1. The van der Waals surface area contributed by atoms with Crippen LogP contribution in [0.5, 0.6) is 0 Å². The summed E-state index contributed by atoms with van der Waals surface area (Å²) in [6.07, 6.45) is -1.47. The lowest BCUT2D eigenvalue weighted by atomic mass is 10.0. The summed E-state index contributed by atoms with van der Waals surface area (Å²) in [5.41, 5.74) is 4.63. The molecule has 0 aliphatic heterocycles. The van der Waals surface area contributed by atoms with Gasteiger partial charge in [0.05, 0.1) is 12.6 Å². The summed E-state index contributed by atoms with van der Waals surface area (Å²) in [6.45, 7) is 0.846. The Morgan fingerprint density at radius 3 is 2.75 bits per heavy atom. The van der Waals surface area contributed by atoms with Gasteiger partial charge in [-0.1, -0.05) is 9.24 Å². The van der Waals surface area contributed by atoms with Gasteiger partial charge >= 0.3 is 5.69 Å². The number of aliphatic hydroxyl groups excluding tert-OH is 2. The van der Waals surface area contributed by atoms with Crippen molar-refractivity contribution in [3.63, 3.8) is 0 Å². The lowest BCUT2D eigenvalue weighted by molar-refractivity contribution is -0.0932. The van der Waals surface area contributed by atoms with E-state index in [-0.39, 0.29) is 5.82 Å². The Morgan fingerprint density at radius 2 is 2.30 bits per heavy atom. The smallest absolute Gasteiger partial charge is 0.349 e. The van der Waals surface area contributed by atoms with Crippen molar-refractivity contribution in [2.45, 2.75) is 30.6 Å². The largest absolute Gasteiger partial charge is 0.394 e. The highest BCUT2D eigenvalue weighted by molar-refractivity contribution is 7.18. The minimum absolute atomic E-state index is 0.0253. The molecule has 5 atom stereocenters. The Labute approximate surface area is 117 Å². The summed E-state index contributed by atoms with van der Waals surface area (Å²) >= 11 is 0. The SMILES string of the molecule is COC(CO)C(O)C(F)(P)C(C)n1ccc(N)nc1=O. The Kier molecular flexibility index (Phi) is 5.59. The molecule has 0 aromatic carbocycles. The van der Waals surface area contributed by atoms with Gasteiger partial charge < -0.3 is 20.7 Å². The molecule has 7 nitrogen and oxygen atoms in total. The maximum Gasteiger partial charge on any atom is 0.349 e. The minimum Gasteiger partial charge on any atom is -0.394 e. The number of nitrogens with two attached hydrogens (primary N) is 1. The molecule has 0 aliphatic rings. The third-order valence-electron chi connectivity index (χ3n) is 3.20. The number of methoxy groups -OCH3 is 1. The maximum absolute atomic E-state index is 14.8. The fraction of sp³-hybridized carbons (Fsp3) is 0.636. The Morgan fingerprint density at radius 1 is 1.70 bits per heavy atom. The molecule has 0 bridgehead atoms. The molecular weight excluding hydrogens is 288 g/mol. The molecule has 1 rings (SSSR count). The summed E-state index contributed by atoms with van der Waals surface area (Å²) < 4.78 is 20.6. The van der Waals surface area contributed by atoms with Gasteiger partial charge in [-0.3, -0.25) is 4.57 Å². The van der Waals surface area contributed by atoms with Gasteiger partial charge in [-0.05, 0) is 13.0 Å². The van der Waals surface area contributed by atoms with Crippen molar-refractivity contribution in [3.05, 3.63) is 22.7 Å². The van der Waals surface area contributed by atoms with E-state index in [1.54, 1.807) is 0 Å². The second-order valence-electron chi connectivity index (χ2n) is 4.45. The molecule has 0 amide bonds. The number of alkyl halides is 1. The standard InChI is InChI=1S/C11H19FN3O4P/c1-6(15-4-3-8(13)14-10(15)18)11(12,20)9(17)7(5-16)19-2/h3-4,6-7,9,16-17H,5,20H2,1-2H3,(H2,13,14,18). The number of hydrogen-bond donors (Lipinski definition) is 3. The number of nitrogens with zero attached hydrogens (tertiary/aromatic N) is 2. The van der Waals surface area contributed by atoms with E-state index in [1.165, 1.54) is 26.3 Å². The summed E-state index contributed by atoms with van der Waals surface area (Å²) in [4.78, 5) is 15.2. The lowest BCUT2D eigenvalue weighted by Gasteiger charge is -2.35. The van der Waals surface area contributed by atoms with Crippen LogP contribution in [0.2, 0.25) is 0 Å². The zero-order chi connectivity index (χ0) is 15.5. The van der Waals surface area contributed by atoms with Gasteiger partial charge in [0, 0.05) is 13.3 Å². The molecule has 5 unspecified atom stereocenters. The third-order valence-corrected chi connectivity index (χ3v) is 4.02. The van der Waals surface area contributed by atoms with E-state index >= 15 is 0 Å². The van der Waals surface area contributed by atoms with Crippen LogP contribution in [0.1, 0.15) is 13.0 Å². The first-order valence-electron chi connectivity index (χ1n) is 5.89. The first kappa shape index (κ1) is 17.0. The summed E-state index contributed by atoms with van der Waals surface area (Å²) in [6, 6.07) is 0.289. The normalized spacial score (nSPS) is 19.1. The topological polar surface area (TPSA) is 111 Å². The highest BCUT2D eigenvalue weighted by atomic mass is 31.0. The summed E-state index contributed by atoms with van der Waals surface area (Å²) in [5, 5.41) is 16.7. The molecule has 0 fully saturated rings. The average Bonchev–Trinajstić information content (AvgIpc) is 2.39. The lowest BCUT2D eigenvalue weighted by Crippen LogP contribution is -2.50. The fourth-order valence-corrected chi connectivity index (χ4v) is 2.14. The van der Waals surface area contributed by atoms with Gasteiger partial charge in [0.25, 0.3) is 0 Å². The number of halogens is 1. The summed E-state index contributed by atoms with van der Waals surface area (Å²) in [5.74, 6) is 0.0253. The Balaban J connectivity index is 3.10. The van der Waals surface area contributed by atoms with Crippen molar-refractivity contribution < 1.29 is 19.3 Å². The van der Waals surface area contributed by atoms with Gasteiger partial charge in [-0.2, -0.15) is 4.98 Å². The van der Waals surface area contributed by atoms with Crippen molar-refractivity contribution in [2.75, 3.05) is 19.5 Å². The molecule has 0 aliphatic carbocycles. The van der Waals surface area contributed by atoms with Gasteiger partial charge in [0.15, 0.2) is 5.41 Å². The molecule has 114 valence electrons. The monoisotopic (exact) mass is 307 g/mol. The highest BCUT2D eigenvalue weighted by Gasteiger charge is 2.44. The molecular formula is C11H19FN3O4P. The van der Waals surface area contributed by atoms with E-state index < -0.39 is 36.0 Å². The number of nitrogen functional groups attached to an aromatic ring is 1. The number of hydrogen-bond acceptors (Lipinski definition) is 6. The average molecular weight is 307 g/mol. The molecule has 1 aromatic rings. The Bertz CT molecular complexity index is 507. The van der Waals surface area contributed by atoms with Crippen LogP contribution in [-0.2, 0) is 4.74 Å². The number of rotatable bonds is 6. The van der Waals surface area contributed by atoms with Crippen molar-refractivity contribution >= 4 is 15.1 Å². The summed E-state index contributed by atoms with van der Waals surface area (Å²) in [7, 11) is 3.10. The van der Waals surface area contributed by atoms with E-state index in [0.29, 0.717) is 0 Å². The molecule has 20 heavy (non-hydrogen) atoms. The van der Waals surface area contributed by atoms with Crippen LogP contribution in [0, 0.1) is 0 Å². The molecule has 9 heteroatoms. The van der Waals surface area contributed by atoms with E-state index in [9.17, 15) is 14.3 Å². The predicted octanol–water partition coefficient (Wildman–Crippen LogP) is -0.704. The molecule has 1 heterocycles. The van der Waals surface area contributed by atoms with Crippen LogP contribution in [0.15, 0.2) is 17.1 Å². The van der Waals surface area contributed by atoms with Crippen molar-refractivity contribution in [1.82, 2.24) is 9.55 Å². The van der Waals surface area contributed by atoms with Crippen molar-refractivity contribution in [2.24, 2.45) is 0 Å². The predicted molar refractivity (Wildman–Crippen MR) is 75.1 cm³/mol. The van der Waals surface area contributed by atoms with Crippen LogP contribution in [0.3, 0.4) is 0 Å². The molecule has 0 saturated heterocycles. The third kappa shape index (κ3) is 3.32. The minimum atomic E-state index is -2.30. The van der Waals surface area contributed by atoms with Crippen LogP contribution in [0.25, 0.3) is 0 Å². The molecule has 0 radical (unpaired) electrons. The van der Waals surface area contributed by atoms with Gasteiger partial charge in [0.2, 0.25) is 0 Å². The quantitative estimate of drug-likeness (QED) is 0.599. The van der Waals surface area contributed by atoms with Crippen molar-refractivity contribution in [3.8, 4) is 0 Å². The number of aromatic nitrogens is 2. The second-order valence-corrected chi connectivity index (χ2v) is 5.33. The molecule has 1 aromatic heterocycles. The van der Waals surface area contributed by atoms with Crippen LogP contribution >= 0.6 is 9.24 Å². The van der Waals surface area contributed by atoms with Gasteiger partial charge in [-0.25, -0.2) is 9.18 Å². The first-order chi connectivity index (χ1) is 9.25. The maximum atomic E-state index is 14.8. The molecule has 0 spiro atoms. The van der Waals surface area contributed by atoms with Crippen molar-refractivity contribution in [1.29, 1.82) is 0 Å². The van der Waals surface area contributed by atoms with Crippen LogP contribution in [-0.4, -0.2) is 51.1 Å². The van der Waals surface area contributed by atoms with E-state index in [1.807, 2.05) is 9.24 Å². The zero-order valence-electron chi connectivity index (χ0n) is 11.2. The van der Waals surface area contributed by atoms with E-state index in [0.717, 1.165) is 4.57 Å². The fourth-order valence-electron chi connectivity index (χ4n) is 1.77. The highest BCUT2D eigenvalue weighted by Crippen LogP contribution is 2.38. The van der Waals surface area contributed by atoms with Gasteiger partial charge in [0.1, 0.15) is 18.0 Å².